The second-order valence-corrected chi connectivity index (χ2v) is 5.54. The molecule has 4 nitrogen and oxygen atoms in total. The molecular weight excluding hydrogens is 242 g/mol. The van der Waals surface area contributed by atoms with Crippen molar-refractivity contribution in [1.29, 1.82) is 0 Å². The lowest BCUT2D eigenvalue weighted by atomic mass is 10.0. The maximum absolute atomic E-state index is 12.2. The summed E-state index contributed by atoms with van der Waals surface area (Å²) in [5.41, 5.74) is 1.31. The van der Waals surface area contributed by atoms with E-state index in [0.717, 1.165) is 13.0 Å². The summed E-state index contributed by atoms with van der Waals surface area (Å²) >= 11 is 0. The van der Waals surface area contributed by atoms with Crippen LogP contribution in [0.1, 0.15) is 35.2 Å². The summed E-state index contributed by atoms with van der Waals surface area (Å²) < 4.78 is 5.71. The zero-order chi connectivity index (χ0) is 13.4. The summed E-state index contributed by atoms with van der Waals surface area (Å²) in [5.74, 6) is 0.773. The molecule has 4 heteroatoms. The minimum atomic E-state index is -0.0794. The Morgan fingerprint density at radius 3 is 2.84 bits per heavy atom. The molecular formula is C15H19NO3. The van der Waals surface area contributed by atoms with Crippen LogP contribution in [0.25, 0.3) is 0 Å². The van der Waals surface area contributed by atoms with Gasteiger partial charge in [0, 0.05) is 12.2 Å². The Hall–Kier alpha value is -1.55. The number of amides is 1. The number of phenols is 1. The fraction of sp³-hybridized carbons (Fsp3) is 0.533. The van der Waals surface area contributed by atoms with Crippen molar-refractivity contribution in [2.75, 3.05) is 6.61 Å². The van der Waals surface area contributed by atoms with Gasteiger partial charge in [0.1, 0.15) is 5.75 Å². The molecule has 1 saturated heterocycles. The second kappa shape index (κ2) is 4.85. The quantitative estimate of drug-likeness (QED) is 0.875. The third kappa shape index (κ3) is 2.59. The van der Waals surface area contributed by atoms with Gasteiger partial charge in [-0.25, -0.2) is 0 Å². The predicted octanol–water partition coefficient (Wildman–Crippen LogP) is 2.00. The van der Waals surface area contributed by atoms with Gasteiger partial charge in [-0.2, -0.15) is 0 Å². The summed E-state index contributed by atoms with van der Waals surface area (Å²) in [6.07, 6.45) is 3.52. The van der Waals surface area contributed by atoms with E-state index in [1.807, 2.05) is 0 Å². The summed E-state index contributed by atoms with van der Waals surface area (Å²) in [4.78, 5) is 12.2. The molecule has 2 N–H and O–H groups in total. The van der Waals surface area contributed by atoms with Gasteiger partial charge in [0.2, 0.25) is 0 Å². The van der Waals surface area contributed by atoms with Gasteiger partial charge in [-0.15, -0.1) is 0 Å². The van der Waals surface area contributed by atoms with E-state index in [0.29, 0.717) is 17.0 Å². The molecule has 2 atom stereocenters. The topological polar surface area (TPSA) is 58.6 Å². The fourth-order valence-electron chi connectivity index (χ4n) is 2.70. The Labute approximate surface area is 112 Å². The molecule has 1 amide bonds. The van der Waals surface area contributed by atoms with Gasteiger partial charge in [0.05, 0.1) is 12.1 Å². The third-order valence-corrected chi connectivity index (χ3v) is 4.00. The first-order valence-corrected chi connectivity index (χ1v) is 6.87. The Morgan fingerprint density at radius 1 is 1.37 bits per heavy atom. The summed E-state index contributed by atoms with van der Waals surface area (Å²) in [7, 11) is 0. The SMILES string of the molecule is Cc1cc(C(=O)NC2CCOC2C2CC2)ccc1O. The van der Waals surface area contributed by atoms with E-state index in [1.54, 1.807) is 25.1 Å². The minimum Gasteiger partial charge on any atom is -0.508 e. The predicted molar refractivity (Wildman–Crippen MR) is 71.2 cm³/mol. The molecule has 1 aromatic rings. The zero-order valence-corrected chi connectivity index (χ0v) is 11.1. The maximum atomic E-state index is 12.2. The van der Waals surface area contributed by atoms with E-state index in [-0.39, 0.29) is 23.8 Å². The number of hydrogen-bond donors (Lipinski definition) is 2. The molecule has 1 saturated carbocycles. The van der Waals surface area contributed by atoms with Crippen LogP contribution in [0.2, 0.25) is 0 Å². The number of carbonyl (C=O) groups excluding carboxylic acids is 1. The van der Waals surface area contributed by atoms with Gasteiger partial charge in [0.15, 0.2) is 0 Å². The number of carbonyl (C=O) groups is 1. The van der Waals surface area contributed by atoms with Crippen molar-refractivity contribution in [3.63, 3.8) is 0 Å². The van der Waals surface area contributed by atoms with Crippen LogP contribution in [0, 0.1) is 12.8 Å². The molecule has 1 aromatic carbocycles. The maximum Gasteiger partial charge on any atom is 0.251 e. The number of nitrogens with one attached hydrogen (secondary N) is 1. The minimum absolute atomic E-state index is 0.0794. The van der Waals surface area contributed by atoms with Gasteiger partial charge >= 0.3 is 0 Å². The van der Waals surface area contributed by atoms with Gasteiger partial charge < -0.3 is 15.2 Å². The van der Waals surface area contributed by atoms with Gasteiger partial charge in [-0.05, 0) is 55.9 Å². The molecule has 2 fully saturated rings. The van der Waals surface area contributed by atoms with Crippen LogP contribution in [-0.2, 0) is 4.74 Å². The number of aromatic hydroxyl groups is 1. The second-order valence-electron chi connectivity index (χ2n) is 5.54. The van der Waals surface area contributed by atoms with E-state index < -0.39 is 0 Å². The van der Waals surface area contributed by atoms with E-state index >= 15 is 0 Å². The van der Waals surface area contributed by atoms with Gasteiger partial charge in [-0.3, -0.25) is 4.79 Å². The van der Waals surface area contributed by atoms with Crippen LogP contribution in [0.5, 0.6) is 5.75 Å². The van der Waals surface area contributed by atoms with Crippen molar-refractivity contribution in [2.24, 2.45) is 5.92 Å². The standard InChI is InChI=1S/C15H19NO3/c1-9-8-11(4-5-13(9)17)15(18)16-12-6-7-19-14(12)10-2-3-10/h4-5,8,10,12,14,17H,2-3,6-7H2,1H3,(H,16,18). The Balaban J connectivity index is 1.68. The largest absolute Gasteiger partial charge is 0.508 e. The number of ether oxygens (including phenoxy) is 1. The van der Waals surface area contributed by atoms with Crippen molar-refractivity contribution in [3.8, 4) is 5.75 Å². The molecule has 2 unspecified atom stereocenters. The Kier molecular flexibility index (Phi) is 3.19. The van der Waals surface area contributed by atoms with Crippen molar-refractivity contribution in [1.82, 2.24) is 5.32 Å². The highest BCUT2D eigenvalue weighted by Crippen LogP contribution is 2.38. The van der Waals surface area contributed by atoms with Crippen LogP contribution in [0.15, 0.2) is 18.2 Å². The lowest BCUT2D eigenvalue weighted by molar-refractivity contribution is 0.0729. The van der Waals surface area contributed by atoms with E-state index in [1.165, 1.54) is 12.8 Å². The third-order valence-electron chi connectivity index (χ3n) is 4.00. The molecule has 2 aliphatic rings. The summed E-state index contributed by atoms with van der Waals surface area (Å²) in [5, 5.41) is 12.5. The van der Waals surface area contributed by atoms with Crippen LogP contribution in [0.3, 0.4) is 0 Å². The lowest BCUT2D eigenvalue weighted by Gasteiger charge is -2.19. The highest BCUT2D eigenvalue weighted by molar-refractivity contribution is 5.94. The number of benzene rings is 1. The molecule has 1 heterocycles. The van der Waals surface area contributed by atoms with Crippen molar-refractivity contribution >= 4 is 5.91 Å². The molecule has 0 spiro atoms. The lowest BCUT2D eigenvalue weighted by Crippen LogP contribution is -2.41. The fourth-order valence-corrected chi connectivity index (χ4v) is 2.70. The zero-order valence-electron chi connectivity index (χ0n) is 11.1. The molecule has 0 bridgehead atoms. The summed E-state index contributed by atoms with van der Waals surface area (Å²) in [6, 6.07) is 5.06. The molecule has 1 aliphatic carbocycles. The first-order chi connectivity index (χ1) is 9.15. The number of hydrogen-bond acceptors (Lipinski definition) is 3. The molecule has 0 aromatic heterocycles. The van der Waals surface area contributed by atoms with Gasteiger partial charge in [0.25, 0.3) is 5.91 Å². The molecule has 1 aliphatic heterocycles. The molecule has 102 valence electrons. The highest BCUT2D eigenvalue weighted by atomic mass is 16.5. The van der Waals surface area contributed by atoms with E-state index in [2.05, 4.69) is 5.32 Å². The van der Waals surface area contributed by atoms with Crippen LogP contribution < -0.4 is 5.32 Å². The molecule has 19 heavy (non-hydrogen) atoms. The average Bonchev–Trinajstić information content (AvgIpc) is 3.13. The number of rotatable bonds is 3. The van der Waals surface area contributed by atoms with E-state index in [9.17, 15) is 9.90 Å². The number of phenolic OH excluding ortho intramolecular Hbond substituents is 1. The Morgan fingerprint density at radius 2 is 2.16 bits per heavy atom. The first kappa shape index (κ1) is 12.5. The Bertz CT molecular complexity index is 496. The van der Waals surface area contributed by atoms with Crippen LogP contribution >= 0.6 is 0 Å². The highest BCUT2D eigenvalue weighted by Gasteiger charge is 2.41. The van der Waals surface area contributed by atoms with Crippen LogP contribution in [-0.4, -0.2) is 29.8 Å². The van der Waals surface area contributed by atoms with Crippen molar-refractivity contribution in [3.05, 3.63) is 29.3 Å². The van der Waals surface area contributed by atoms with Crippen molar-refractivity contribution in [2.45, 2.75) is 38.3 Å². The monoisotopic (exact) mass is 261 g/mol. The van der Waals surface area contributed by atoms with E-state index in [4.69, 9.17) is 4.74 Å². The van der Waals surface area contributed by atoms with Crippen molar-refractivity contribution < 1.29 is 14.6 Å². The normalized spacial score (nSPS) is 26.4. The average molecular weight is 261 g/mol. The molecule has 0 radical (unpaired) electrons. The first-order valence-electron chi connectivity index (χ1n) is 6.87. The van der Waals surface area contributed by atoms with Gasteiger partial charge in [-0.1, -0.05) is 0 Å². The number of aryl methyl sites for hydroxylation is 1. The summed E-state index contributed by atoms with van der Waals surface area (Å²) in [6.45, 7) is 2.53. The van der Waals surface area contributed by atoms with Crippen LogP contribution in [0.4, 0.5) is 0 Å². The smallest absolute Gasteiger partial charge is 0.251 e. The molecule has 3 rings (SSSR count).